The van der Waals surface area contributed by atoms with Crippen molar-refractivity contribution in [2.45, 2.75) is 44.3 Å². The van der Waals surface area contributed by atoms with Crippen molar-refractivity contribution >= 4 is 22.6 Å². The Morgan fingerprint density at radius 3 is 2.64 bits per heavy atom. The van der Waals surface area contributed by atoms with Gasteiger partial charge in [-0.05, 0) is 38.0 Å². The molecule has 2 rings (SSSR count). The van der Waals surface area contributed by atoms with Crippen molar-refractivity contribution in [3.8, 4) is 0 Å². The van der Waals surface area contributed by atoms with Crippen molar-refractivity contribution in [1.82, 2.24) is 0 Å². The van der Waals surface area contributed by atoms with Gasteiger partial charge >= 0.3 is 0 Å². The van der Waals surface area contributed by atoms with Gasteiger partial charge in [-0.3, -0.25) is 0 Å². The lowest BCUT2D eigenvalue weighted by Crippen LogP contribution is -2.29. The van der Waals surface area contributed by atoms with Gasteiger partial charge in [-0.15, -0.1) is 0 Å². The van der Waals surface area contributed by atoms with Crippen molar-refractivity contribution in [3.05, 3.63) is 0 Å². The molecular weight excluding hydrogens is 251 g/mol. The lowest BCUT2D eigenvalue weighted by Gasteiger charge is -2.29. The topological polar surface area (TPSA) is 9.23 Å². The molecule has 1 saturated heterocycles. The second-order valence-corrected chi connectivity index (χ2v) is 4.60. The van der Waals surface area contributed by atoms with E-state index in [0.717, 1.165) is 5.92 Å². The number of ether oxygens (including phenoxy) is 1. The molecule has 11 heavy (non-hydrogen) atoms. The van der Waals surface area contributed by atoms with Crippen LogP contribution in [0.2, 0.25) is 0 Å². The third-order valence-corrected chi connectivity index (χ3v) is 3.68. The van der Waals surface area contributed by atoms with E-state index in [1.54, 1.807) is 0 Å². The van der Waals surface area contributed by atoms with Gasteiger partial charge in [0.1, 0.15) is 0 Å². The van der Waals surface area contributed by atoms with Crippen LogP contribution in [0.5, 0.6) is 0 Å². The summed E-state index contributed by atoms with van der Waals surface area (Å²) in [5.74, 6) is 0.945. The summed E-state index contributed by atoms with van der Waals surface area (Å²) in [4.78, 5) is 0. The number of alkyl halides is 1. The van der Waals surface area contributed by atoms with Gasteiger partial charge in [0, 0.05) is 4.43 Å². The average molecular weight is 266 g/mol. The molecule has 1 aliphatic heterocycles. The van der Waals surface area contributed by atoms with Crippen molar-refractivity contribution in [3.63, 3.8) is 0 Å². The zero-order valence-electron chi connectivity index (χ0n) is 6.76. The number of hydrogen-bond acceptors (Lipinski definition) is 1. The van der Waals surface area contributed by atoms with Crippen molar-refractivity contribution in [1.29, 1.82) is 0 Å². The Balaban J connectivity index is 1.82. The summed E-state index contributed by atoms with van der Waals surface area (Å²) in [6.07, 6.45) is 8.11. The highest BCUT2D eigenvalue weighted by atomic mass is 127. The Kier molecular flexibility index (Phi) is 2.72. The smallest absolute Gasteiger partial charge is 0.0668 e. The fourth-order valence-corrected chi connectivity index (χ4v) is 2.51. The molecule has 1 aliphatic carbocycles. The molecule has 0 radical (unpaired) electrons. The summed E-state index contributed by atoms with van der Waals surface area (Å²) in [5.41, 5.74) is 0. The predicted molar refractivity (Wildman–Crippen MR) is 54.1 cm³/mol. The molecule has 0 aromatic carbocycles. The first-order valence-corrected chi connectivity index (χ1v) is 6.14. The van der Waals surface area contributed by atoms with Crippen LogP contribution in [-0.4, -0.2) is 16.6 Å². The van der Waals surface area contributed by atoms with Crippen molar-refractivity contribution in [2.75, 3.05) is 4.43 Å². The molecule has 2 aliphatic rings. The average Bonchev–Trinajstić information content (AvgIpc) is 2.87. The molecule has 0 N–H and O–H groups in total. The van der Waals surface area contributed by atoms with E-state index in [-0.39, 0.29) is 0 Å². The highest BCUT2D eigenvalue weighted by Crippen LogP contribution is 2.39. The van der Waals surface area contributed by atoms with Crippen LogP contribution in [0, 0.1) is 5.92 Å². The summed E-state index contributed by atoms with van der Waals surface area (Å²) in [7, 11) is 0. The first-order valence-electron chi connectivity index (χ1n) is 4.61. The van der Waals surface area contributed by atoms with Gasteiger partial charge in [-0.2, -0.15) is 0 Å². The van der Waals surface area contributed by atoms with E-state index in [9.17, 15) is 0 Å². The van der Waals surface area contributed by atoms with Gasteiger partial charge < -0.3 is 4.74 Å². The summed E-state index contributed by atoms with van der Waals surface area (Å²) in [5, 5.41) is 0. The SMILES string of the molecule is ICC1CCCC(C2CC2)O1. The molecule has 2 atom stereocenters. The Bertz CT molecular complexity index is 134. The normalized spacial score (nSPS) is 39.0. The summed E-state index contributed by atoms with van der Waals surface area (Å²) in [6.45, 7) is 0. The van der Waals surface area contributed by atoms with E-state index in [2.05, 4.69) is 22.6 Å². The molecule has 0 spiro atoms. The van der Waals surface area contributed by atoms with Crippen LogP contribution in [-0.2, 0) is 4.74 Å². The van der Waals surface area contributed by atoms with Crippen LogP contribution < -0.4 is 0 Å². The Hall–Kier alpha value is 0.690. The Labute approximate surface area is 82.0 Å². The second-order valence-electron chi connectivity index (χ2n) is 3.72. The third kappa shape index (κ3) is 2.08. The second kappa shape index (κ2) is 3.60. The van der Waals surface area contributed by atoms with E-state index in [1.807, 2.05) is 0 Å². The minimum Gasteiger partial charge on any atom is -0.374 e. The zero-order chi connectivity index (χ0) is 7.68. The van der Waals surface area contributed by atoms with Crippen LogP contribution in [0.3, 0.4) is 0 Å². The van der Waals surface area contributed by atoms with E-state index in [0.29, 0.717) is 12.2 Å². The first kappa shape index (κ1) is 8.30. The van der Waals surface area contributed by atoms with E-state index in [4.69, 9.17) is 4.74 Å². The number of rotatable bonds is 2. The van der Waals surface area contributed by atoms with Gasteiger partial charge in [0.25, 0.3) is 0 Å². The molecule has 0 bridgehead atoms. The standard InChI is InChI=1S/C9H15IO/c10-6-8-2-1-3-9(11-8)7-4-5-7/h7-9H,1-6H2. The van der Waals surface area contributed by atoms with Crippen molar-refractivity contribution < 1.29 is 4.74 Å². The molecule has 2 heteroatoms. The third-order valence-electron chi connectivity index (χ3n) is 2.70. The predicted octanol–water partition coefficient (Wildman–Crippen LogP) is 2.77. The molecule has 64 valence electrons. The summed E-state index contributed by atoms with van der Waals surface area (Å²) >= 11 is 2.44. The maximum Gasteiger partial charge on any atom is 0.0668 e. The van der Waals surface area contributed by atoms with Crippen LogP contribution >= 0.6 is 22.6 Å². The lowest BCUT2D eigenvalue weighted by molar-refractivity contribution is -0.0466. The maximum absolute atomic E-state index is 5.95. The molecule has 1 heterocycles. The first-order chi connectivity index (χ1) is 5.40. The largest absolute Gasteiger partial charge is 0.374 e. The highest BCUT2D eigenvalue weighted by Gasteiger charge is 2.35. The fourth-order valence-electron chi connectivity index (χ4n) is 1.86. The Morgan fingerprint density at radius 1 is 1.18 bits per heavy atom. The van der Waals surface area contributed by atoms with E-state index < -0.39 is 0 Å². The summed E-state index contributed by atoms with van der Waals surface area (Å²) < 4.78 is 7.13. The number of halogens is 1. The molecule has 2 unspecified atom stereocenters. The lowest BCUT2D eigenvalue weighted by atomic mass is 10.0. The number of hydrogen-bond donors (Lipinski definition) is 0. The molecular formula is C9H15IO. The molecule has 0 amide bonds. The van der Waals surface area contributed by atoms with Crippen LogP contribution in [0.25, 0.3) is 0 Å². The highest BCUT2D eigenvalue weighted by molar-refractivity contribution is 14.1. The molecule has 0 aromatic heterocycles. The van der Waals surface area contributed by atoms with Gasteiger partial charge in [0.2, 0.25) is 0 Å². The van der Waals surface area contributed by atoms with Crippen molar-refractivity contribution in [2.24, 2.45) is 5.92 Å². The fraction of sp³-hybridized carbons (Fsp3) is 1.00. The minimum absolute atomic E-state index is 0.579. The molecule has 2 fully saturated rings. The van der Waals surface area contributed by atoms with E-state index >= 15 is 0 Å². The van der Waals surface area contributed by atoms with Crippen LogP contribution in [0.1, 0.15) is 32.1 Å². The molecule has 1 saturated carbocycles. The van der Waals surface area contributed by atoms with Gasteiger partial charge in [-0.1, -0.05) is 22.6 Å². The molecule has 1 nitrogen and oxygen atoms in total. The summed E-state index contributed by atoms with van der Waals surface area (Å²) in [6, 6.07) is 0. The van der Waals surface area contributed by atoms with Crippen LogP contribution in [0.15, 0.2) is 0 Å². The molecule has 0 aromatic rings. The van der Waals surface area contributed by atoms with Crippen LogP contribution in [0.4, 0.5) is 0 Å². The van der Waals surface area contributed by atoms with E-state index in [1.165, 1.54) is 36.5 Å². The Morgan fingerprint density at radius 2 is 2.00 bits per heavy atom. The quantitative estimate of drug-likeness (QED) is 0.551. The van der Waals surface area contributed by atoms with Gasteiger partial charge in [0.05, 0.1) is 12.2 Å². The zero-order valence-corrected chi connectivity index (χ0v) is 8.92. The minimum atomic E-state index is 0.579. The van der Waals surface area contributed by atoms with Gasteiger partial charge in [-0.25, -0.2) is 0 Å². The van der Waals surface area contributed by atoms with Gasteiger partial charge in [0.15, 0.2) is 0 Å². The maximum atomic E-state index is 5.95. The monoisotopic (exact) mass is 266 g/mol.